The third-order valence-corrected chi connectivity index (χ3v) is 6.44. The molecule has 2 aromatic rings. The van der Waals surface area contributed by atoms with E-state index in [1.54, 1.807) is 25.1 Å². The number of fused-ring (bicyclic) bond motifs is 2. The summed E-state index contributed by atoms with van der Waals surface area (Å²) < 4.78 is 13.3. The fourth-order valence-electron chi connectivity index (χ4n) is 3.76. The lowest BCUT2D eigenvalue weighted by Gasteiger charge is -2.21. The van der Waals surface area contributed by atoms with E-state index in [0.29, 0.717) is 22.4 Å². The zero-order valence-electron chi connectivity index (χ0n) is 16.1. The van der Waals surface area contributed by atoms with Crippen molar-refractivity contribution >= 4 is 23.2 Å². The summed E-state index contributed by atoms with van der Waals surface area (Å²) in [5, 5.41) is 14.2. The van der Waals surface area contributed by atoms with E-state index in [4.69, 9.17) is 11.0 Å². The van der Waals surface area contributed by atoms with E-state index in [0.717, 1.165) is 23.3 Å². The largest absolute Gasteiger partial charge is 0.365 e. The molecular weight excluding hydrogens is 391 g/mol. The molecule has 29 heavy (non-hydrogen) atoms. The van der Waals surface area contributed by atoms with Crippen molar-refractivity contribution in [1.82, 2.24) is 10.6 Å². The number of aryl methyl sites for hydroxylation is 1. The van der Waals surface area contributed by atoms with Crippen LogP contribution in [0.3, 0.4) is 0 Å². The van der Waals surface area contributed by atoms with Crippen LogP contribution in [-0.2, 0) is 4.79 Å². The molecule has 1 saturated heterocycles. The maximum absolute atomic E-state index is 13.3. The van der Waals surface area contributed by atoms with Gasteiger partial charge in [0.25, 0.3) is 5.91 Å². The van der Waals surface area contributed by atoms with Crippen molar-refractivity contribution in [1.29, 1.82) is 5.26 Å². The molecule has 0 radical (unpaired) electrons. The summed E-state index contributed by atoms with van der Waals surface area (Å²) in [6.07, 6.45) is 3.49. The number of halogens is 1. The van der Waals surface area contributed by atoms with Crippen molar-refractivity contribution in [2.24, 2.45) is 11.7 Å². The van der Waals surface area contributed by atoms with Crippen molar-refractivity contribution in [3.63, 3.8) is 0 Å². The Kier molecular flexibility index (Phi) is 6.62. The minimum atomic E-state index is -0.455. The van der Waals surface area contributed by atoms with E-state index < -0.39 is 5.91 Å². The molecule has 2 heterocycles. The van der Waals surface area contributed by atoms with Crippen LogP contribution in [-0.4, -0.2) is 30.4 Å². The molecule has 2 amide bonds. The van der Waals surface area contributed by atoms with E-state index >= 15 is 0 Å². The molecule has 2 bridgehead atoms. The molecule has 2 aliphatic rings. The Balaban J connectivity index is 0.000000169. The van der Waals surface area contributed by atoms with E-state index in [-0.39, 0.29) is 24.3 Å². The van der Waals surface area contributed by atoms with Gasteiger partial charge in [-0.3, -0.25) is 9.59 Å². The van der Waals surface area contributed by atoms with E-state index in [2.05, 4.69) is 10.6 Å². The van der Waals surface area contributed by atoms with Crippen LogP contribution in [0.25, 0.3) is 10.4 Å². The zero-order chi connectivity index (χ0) is 21.0. The van der Waals surface area contributed by atoms with E-state index in [1.165, 1.54) is 23.8 Å². The number of rotatable bonds is 4. The molecule has 1 aliphatic carbocycles. The lowest BCUT2D eigenvalue weighted by molar-refractivity contribution is -0.123. The van der Waals surface area contributed by atoms with Gasteiger partial charge in [-0.25, -0.2) is 4.39 Å². The summed E-state index contributed by atoms with van der Waals surface area (Å²) in [6, 6.07) is 10.9. The molecule has 3 unspecified atom stereocenters. The van der Waals surface area contributed by atoms with Crippen LogP contribution in [0.1, 0.15) is 34.5 Å². The SMILES string of the molecule is Cc1ccc(-c2ccc(C(N)=O)s2)cc1F.N#CCNC(=O)C1NC2CCC1C2. The van der Waals surface area contributed by atoms with Crippen LogP contribution in [0.4, 0.5) is 4.39 Å². The second-order valence-corrected chi connectivity index (χ2v) is 8.37. The second kappa shape index (κ2) is 9.16. The van der Waals surface area contributed by atoms with Gasteiger partial charge in [0.15, 0.2) is 0 Å². The number of benzene rings is 1. The first-order valence-corrected chi connectivity index (χ1v) is 10.3. The zero-order valence-corrected chi connectivity index (χ0v) is 16.9. The van der Waals surface area contributed by atoms with Crippen LogP contribution in [0.5, 0.6) is 0 Å². The molecule has 3 atom stereocenters. The number of primary amides is 1. The average molecular weight is 415 g/mol. The van der Waals surface area contributed by atoms with Crippen molar-refractivity contribution in [2.45, 2.75) is 38.3 Å². The van der Waals surface area contributed by atoms with Crippen LogP contribution < -0.4 is 16.4 Å². The predicted molar refractivity (Wildman–Crippen MR) is 110 cm³/mol. The van der Waals surface area contributed by atoms with Crippen molar-refractivity contribution in [3.05, 3.63) is 46.6 Å². The van der Waals surface area contributed by atoms with Gasteiger partial charge in [0.1, 0.15) is 12.4 Å². The van der Waals surface area contributed by atoms with Crippen LogP contribution in [0.15, 0.2) is 30.3 Å². The molecule has 4 rings (SSSR count). The van der Waals surface area contributed by atoms with E-state index in [9.17, 15) is 14.0 Å². The van der Waals surface area contributed by atoms with Crippen LogP contribution in [0.2, 0.25) is 0 Å². The first kappa shape index (κ1) is 21.0. The first-order valence-electron chi connectivity index (χ1n) is 9.46. The number of carbonyl (C=O) groups excluding carboxylic acids is 2. The Labute approximate surface area is 172 Å². The Hall–Kier alpha value is -2.76. The molecule has 8 heteroatoms. The van der Waals surface area contributed by atoms with Gasteiger partial charge in [-0.05, 0) is 61.4 Å². The Morgan fingerprint density at radius 1 is 1.34 bits per heavy atom. The number of nitrogens with zero attached hydrogens (tertiary/aromatic N) is 1. The van der Waals surface area contributed by atoms with Gasteiger partial charge in [0.2, 0.25) is 5.91 Å². The van der Waals surface area contributed by atoms with Gasteiger partial charge < -0.3 is 16.4 Å². The van der Waals surface area contributed by atoms with Crippen LogP contribution >= 0.6 is 11.3 Å². The average Bonchev–Trinajstić information content (AvgIpc) is 3.45. The Morgan fingerprint density at radius 2 is 2.14 bits per heavy atom. The maximum atomic E-state index is 13.3. The van der Waals surface area contributed by atoms with Gasteiger partial charge in [0.05, 0.1) is 17.0 Å². The molecule has 6 nitrogen and oxygen atoms in total. The highest BCUT2D eigenvalue weighted by atomic mass is 32.1. The number of thiophene rings is 1. The number of nitriles is 1. The molecule has 4 N–H and O–H groups in total. The topological polar surface area (TPSA) is 108 Å². The van der Waals surface area contributed by atoms with Gasteiger partial charge >= 0.3 is 0 Å². The number of amides is 2. The summed E-state index contributed by atoms with van der Waals surface area (Å²) >= 11 is 1.27. The van der Waals surface area contributed by atoms with Crippen molar-refractivity contribution < 1.29 is 14.0 Å². The minimum absolute atomic E-state index is 0.00579. The molecule has 2 fully saturated rings. The summed E-state index contributed by atoms with van der Waals surface area (Å²) in [7, 11) is 0. The molecular formula is C21H23FN4O2S. The van der Waals surface area contributed by atoms with Gasteiger partial charge in [-0.15, -0.1) is 11.3 Å². The highest BCUT2D eigenvalue weighted by Gasteiger charge is 2.42. The molecule has 1 aliphatic heterocycles. The van der Waals surface area contributed by atoms with Gasteiger partial charge in [-0.1, -0.05) is 12.1 Å². The fourth-order valence-corrected chi connectivity index (χ4v) is 4.61. The third-order valence-electron chi connectivity index (χ3n) is 5.29. The van der Waals surface area contributed by atoms with Gasteiger partial charge in [0, 0.05) is 10.9 Å². The maximum Gasteiger partial charge on any atom is 0.258 e. The number of carbonyl (C=O) groups is 2. The number of hydrogen-bond acceptors (Lipinski definition) is 5. The van der Waals surface area contributed by atoms with Gasteiger partial charge in [-0.2, -0.15) is 5.26 Å². The number of hydrogen-bond donors (Lipinski definition) is 3. The summed E-state index contributed by atoms with van der Waals surface area (Å²) in [4.78, 5) is 23.7. The number of piperidine rings is 1. The fraction of sp³-hybridized carbons (Fsp3) is 0.381. The molecule has 152 valence electrons. The lowest BCUT2D eigenvalue weighted by atomic mass is 9.99. The minimum Gasteiger partial charge on any atom is -0.365 e. The van der Waals surface area contributed by atoms with Crippen molar-refractivity contribution in [3.8, 4) is 16.5 Å². The highest BCUT2D eigenvalue weighted by Crippen LogP contribution is 2.35. The monoisotopic (exact) mass is 414 g/mol. The Morgan fingerprint density at radius 3 is 2.69 bits per heavy atom. The van der Waals surface area contributed by atoms with E-state index in [1.807, 2.05) is 12.1 Å². The molecule has 0 spiro atoms. The summed E-state index contributed by atoms with van der Waals surface area (Å²) in [5.74, 6) is -0.201. The highest BCUT2D eigenvalue weighted by molar-refractivity contribution is 7.17. The van der Waals surface area contributed by atoms with Crippen LogP contribution in [0, 0.1) is 30.0 Å². The number of nitrogens with two attached hydrogens (primary N) is 1. The lowest BCUT2D eigenvalue weighted by Crippen LogP contribution is -2.47. The standard InChI is InChI=1S/C12H10FNOS.C9H13N3O/c1-7-2-3-8(6-9(7)13)10-4-5-11(16-10)12(14)15;10-3-4-11-9(13)8-6-1-2-7(5-6)12-8/h2-6H,1H3,(H2,14,15);6-8,12H,1-2,4-5H2,(H,11,13). The summed E-state index contributed by atoms with van der Waals surface area (Å²) in [6.45, 7) is 1.83. The molecule has 1 aromatic carbocycles. The number of nitrogens with one attached hydrogen (secondary N) is 2. The summed E-state index contributed by atoms with van der Waals surface area (Å²) in [5.41, 5.74) is 6.53. The molecule has 1 aromatic heterocycles. The first-order chi connectivity index (χ1) is 13.9. The predicted octanol–water partition coefficient (Wildman–Crippen LogP) is 2.73. The smallest absolute Gasteiger partial charge is 0.258 e. The quantitative estimate of drug-likeness (QED) is 0.669. The second-order valence-electron chi connectivity index (χ2n) is 7.28. The Bertz CT molecular complexity index is 952. The normalized spacial score (nSPS) is 21.8. The third kappa shape index (κ3) is 5.00. The molecule has 1 saturated carbocycles. The van der Waals surface area contributed by atoms with Crippen molar-refractivity contribution in [2.75, 3.05) is 6.54 Å².